The molecule has 1 heterocycles. The van der Waals surface area contributed by atoms with Crippen LogP contribution in [0.1, 0.15) is 25.3 Å². The third-order valence-electron chi connectivity index (χ3n) is 4.27. The van der Waals surface area contributed by atoms with Crippen molar-refractivity contribution < 1.29 is 19.1 Å². The maximum absolute atomic E-state index is 12.6. The number of nitrogens with zero attached hydrogens (tertiary/aromatic N) is 1. The Kier molecular flexibility index (Phi) is 7.70. The van der Waals surface area contributed by atoms with E-state index in [4.69, 9.17) is 4.74 Å². The van der Waals surface area contributed by atoms with Crippen LogP contribution in [-0.4, -0.2) is 35.1 Å². The summed E-state index contributed by atoms with van der Waals surface area (Å²) in [6, 6.07) is 14.4. The molecule has 0 atom stereocenters. The van der Waals surface area contributed by atoms with Crippen LogP contribution in [0.3, 0.4) is 0 Å². The summed E-state index contributed by atoms with van der Waals surface area (Å²) in [6.45, 7) is 2.42. The normalized spacial score (nSPS) is 15.0. The van der Waals surface area contributed by atoms with Gasteiger partial charge in [-0.2, -0.15) is 0 Å². The lowest BCUT2D eigenvalue weighted by Gasteiger charge is -2.13. The summed E-state index contributed by atoms with van der Waals surface area (Å²) in [7, 11) is 0. The van der Waals surface area contributed by atoms with Gasteiger partial charge >= 0.3 is 0 Å². The largest absolute Gasteiger partial charge is 0.494 e. The van der Waals surface area contributed by atoms with Crippen LogP contribution in [0.2, 0.25) is 0 Å². The highest BCUT2D eigenvalue weighted by Crippen LogP contribution is 2.32. The van der Waals surface area contributed by atoms with Crippen LogP contribution < -0.4 is 10.1 Å². The fourth-order valence-electron chi connectivity index (χ4n) is 2.68. The Balaban J connectivity index is 1.62. The second-order valence-electron chi connectivity index (χ2n) is 6.57. The van der Waals surface area contributed by atoms with Crippen molar-refractivity contribution in [2.24, 2.45) is 0 Å². The van der Waals surface area contributed by atoms with Crippen molar-refractivity contribution in [3.63, 3.8) is 0 Å². The molecule has 1 fully saturated rings. The molecule has 8 heteroatoms. The van der Waals surface area contributed by atoms with Gasteiger partial charge in [0.2, 0.25) is 5.91 Å². The van der Waals surface area contributed by atoms with Gasteiger partial charge in [-0.05, 0) is 70.0 Å². The number of halogens is 1. The Morgan fingerprint density at radius 2 is 1.90 bits per heavy atom. The molecule has 1 aliphatic rings. The predicted octanol–water partition coefficient (Wildman–Crippen LogP) is 5.30. The van der Waals surface area contributed by atoms with Crippen LogP contribution >= 0.6 is 27.7 Å². The molecule has 156 valence electrons. The number of para-hydroxylation sites is 1. The molecule has 2 aromatic rings. The van der Waals surface area contributed by atoms with Crippen LogP contribution in [0.15, 0.2) is 57.9 Å². The van der Waals surface area contributed by atoms with Gasteiger partial charge in [-0.15, -0.1) is 0 Å². The minimum atomic E-state index is -0.476. The SMILES string of the molecule is CCCCOc1ccc(/C=C2\SC(=O)N(CC(=O)Nc3ccccc3Br)C2=O)cc1. The minimum absolute atomic E-state index is 0.286. The lowest BCUT2D eigenvalue weighted by Crippen LogP contribution is -2.36. The van der Waals surface area contributed by atoms with Crippen molar-refractivity contribution in [1.29, 1.82) is 0 Å². The number of carbonyl (C=O) groups excluding carboxylic acids is 3. The standard InChI is InChI=1S/C22H21BrN2O4S/c1-2-3-12-29-16-10-8-15(9-11-16)13-19-21(27)25(22(28)30-19)14-20(26)24-18-7-5-4-6-17(18)23/h4-11,13H,2-3,12,14H2,1H3,(H,24,26)/b19-13-. The molecule has 1 saturated heterocycles. The third-order valence-corrected chi connectivity index (χ3v) is 5.87. The van der Waals surface area contributed by atoms with Gasteiger partial charge in [0.25, 0.3) is 11.1 Å². The molecule has 6 nitrogen and oxygen atoms in total. The van der Waals surface area contributed by atoms with Gasteiger partial charge in [-0.3, -0.25) is 19.3 Å². The van der Waals surface area contributed by atoms with Crippen LogP contribution in [0.4, 0.5) is 10.5 Å². The van der Waals surface area contributed by atoms with Gasteiger partial charge in [0.05, 0.1) is 17.2 Å². The Morgan fingerprint density at radius 1 is 1.17 bits per heavy atom. The molecule has 3 rings (SSSR count). The van der Waals surface area contributed by atoms with E-state index in [-0.39, 0.29) is 11.4 Å². The van der Waals surface area contributed by atoms with E-state index >= 15 is 0 Å². The van der Waals surface area contributed by atoms with Crippen LogP contribution in [0, 0.1) is 0 Å². The Labute approximate surface area is 187 Å². The molecule has 3 amide bonds. The van der Waals surface area contributed by atoms with E-state index in [1.54, 1.807) is 24.3 Å². The number of hydrogen-bond acceptors (Lipinski definition) is 5. The minimum Gasteiger partial charge on any atom is -0.494 e. The topological polar surface area (TPSA) is 75.7 Å². The van der Waals surface area contributed by atoms with E-state index in [1.807, 2.05) is 30.3 Å². The highest BCUT2D eigenvalue weighted by molar-refractivity contribution is 9.10. The molecule has 0 aliphatic carbocycles. The highest BCUT2D eigenvalue weighted by Gasteiger charge is 2.36. The maximum Gasteiger partial charge on any atom is 0.294 e. The molecule has 0 spiro atoms. The van der Waals surface area contributed by atoms with Crippen molar-refractivity contribution >= 4 is 56.5 Å². The van der Waals surface area contributed by atoms with Crippen LogP contribution in [0.5, 0.6) is 5.75 Å². The zero-order valence-electron chi connectivity index (χ0n) is 16.4. The molecular weight excluding hydrogens is 468 g/mol. The number of rotatable bonds is 8. The summed E-state index contributed by atoms with van der Waals surface area (Å²) in [5.74, 6) is -0.160. The van der Waals surface area contributed by atoms with Gasteiger partial charge in [-0.1, -0.05) is 37.6 Å². The van der Waals surface area contributed by atoms with Gasteiger partial charge in [0.1, 0.15) is 12.3 Å². The molecule has 0 radical (unpaired) electrons. The molecule has 30 heavy (non-hydrogen) atoms. The number of imide groups is 1. The van der Waals surface area contributed by atoms with Crippen molar-refractivity contribution in [3.05, 3.63) is 63.5 Å². The van der Waals surface area contributed by atoms with Gasteiger partial charge in [-0.25, -0.2) is 0 Å². The lowest BCUT2D eigenvalue weighted by atomic mass is 10.2. The molecule has 1 N–H and O–H groups in total. The first-order valence-corrected chi connectivity index (χ1v) is 11.1. The van der Waals surface area contributed by atoms with E-state index in [9.17, 15) is 14.4 Å². The molecule has 0 saturated carbocycles. The van der Waals surface area contributed by atoms with Gasteiger partial charge < -0.3 is 10.1 Å². The smallest absolute Gasteiger partial charge is 0.294 e. The second kappa shape index (κ2) is 10.4. The first-order valence-electron chi connectivity index (χ1n) is 9.50. The predicted molar refractivity (Wildman–Crippen MR) is 122 cm³/mol. The summed E-state index contributed by atoms with van der Waals surface area (Å²) < 4.78 is 6.34. The van der Waals surface area contributed by atoms with Crippen molar-refractivity contribution in [3.8, 4) is 5.75 Å². The quantitative estimate of drug-likeness (QED) is 0.402. The first kappa shape index (κ1) is 22.1. The Morgan fingerprint density at radius 3 is 2.60 bits per heavy atom. The zero-order valence-corrected chi connectivity index (χ0v) is 18.8. The number of amides is 3. The van der Waals surface area contributed by atoms with E-state index in [2.05, 4.69) is 28.2 Å². The molecule has 0 aromatic heterocycles. The number of ether oxygens (including phenoxy) is 1. The average Bonchev–Trinajstić information content (AvgIpc) is 2.98. The number of nitrogens with one attached hydrogen (secondary N) is 1. The van der Waals surface area contributed by atoms with Crippen molar-refractivity contribution in [2.75, 3.05) is 18.5 Å². The average molecular weight is 489 g/mol. The fourth-order valence-corrected chi connectivity index (χ4v) is 3.90. The van der Waals surface area contributed by atoms with Gasteiger partial charge in [0, 0.05) is 4.47 Å². The third kappa shape index (κ3) is 5.73. The summed E-state index contributed by atoms with van der Waals surface area (Å²) in [4.78, 5) is 38.4. The number of thioether (sulfide) groups is 1. The number of hydrogen-bond donors (Lipinski definition) is 1. The lowest BCUT2D eigenvalue weighted by molar-refractivity contribution is -0.127. The van der Waals surface area contributed by atoms with E-state index in [0.29, 0.717) is 12.3 Å². The fraction of sp³-hybridized carbons (Fsp3) is 0.227. The number of benzene rings is 2. The molecular formula is C22H21BrN2O4S. The molecule has 2 aromatic carbocycles. The van der Waals surface area contributed by atoms with E-state index < -0.39 is 17.1 Å². The monoisotopic (exact) mass is 488 g/mol. The van der Waals surface area contributed by atoms with Crippen LogP contribution in [0.25, 0.3) is 6.08 Å². The first-order chi connectivity index (χ1) is 14.5. The number of anilines is 1. The summed E-state index contributed by atoms with van der Waals surface area (Å²) in [6.07, 6.45) is 3.70. The molecule has 1 aliphatic heterocycles. The highest BCUT2D eigenvalue weighted by atomic mass is 79.9. The van der Waals surface area contributed by atoms with E-state index in [0.717, 1.165) is 45.3 Å². The van der Waals surface area contributed by atoms with Crippen molar-refractivity contribution in [1.82, 2.24) is 4.90 Å². The molecule has 0 bridgehead atoms. The van der Waals surface area contributed by atoms with Crippen molar-refractivity contribution in [2.45, 2.75) is 19.8 Å². The second-order valence-corrected chi connectivity index (χ2v) is 8.41. The maximum atomic E-state index is 12.6. The molecule has 0 unspecified atom stereocenters. The zero-order chi connectivity index (χ0) is 21.5. The number of unbranched alkanes of at least 4 members (excludes halogenated alkanes) is 1. The van der Waals surface area contributed by atoms with E-state index in [1.165, 1.54) is 0 Å². The Bertz CT molecular complexity index is 975. The van der Waals surface area contributed by atoms with Crippen LogP contribution in [-0.2, 0) is 9.59 Å². The summed E-state index contributed by atoms with van der Waals surface area (Å²) >= 11 is 4.17. The number of carbonyl (C=O) groups is 3. The summed E-state index contributed by atoms with van der Waals surface area (Å²) in [5.41, 5.74) is 1.35. The Hall–Kier alpha value is -2.58. The van der Waals surface area contributed by atoms with Gasteiger partial charge in [0.15, 0.2) is 0 Å². The summed E-state index contributed by atoms with van der Waals surface area (Å²) in [5, 5.41) is 2.23.